The first-order chi connectivity index (χ1) is 11.1. The van der Waals surface area contributed by atoms with Gasteiger partial charge in [-0.05, 0) is 32.0 Å². The van der Waals surface area contributed by atoms with Gasteiger partial charge in [0.05, 0.1) is 5.69 Å². The molecule has 2 N–H and O–H groups in total. The summed E-state index contributed by atoms with van der Waals surface area (Å²) in [6, 6.07) is 8.17. The highest BCUT2D eigenvalue weighted by atomic mass is 32.1. The minimum Gasteiger partial charge on any atom is -0.486 e. The molecule has 0 radical (unpaired) electrons. The van der Waals surface area contributed by atoms with Crippen molar-refractivity contribution in [1.82, 2.24) is 9.55 Å². The molecule has 5 nitrogen and oxygen atoms in total. The average Bonchev–Trinajstić information content (AvgIpc) is 3.10. The first kappa shape index (κ1) is 14.1. The molecule has 23 heavy (non-hydrogen) atoms. The second kappa shape index (κ2) is 5.31. The summed E-state index contributed by atoms with van der Waals surface area (Å²) < 4.78 is 13.5. The van der Waals surface area contributed by atoms with Gasteiger partial charge in [0.1, 0.15) is 13.2 Å². The number of hydrogen-bond acceptors (Lipinski definition) is 5. The number of anilines is 1. The van der Waals surface area contributed by atoms with E-state index in [1.54, 1.807) is 0 Å². The molecule has 0 saturated carbocycles. The van der Waals surface area contributed by atoms with E-state index in [0.29, 0.717) is 18.3 Å². The number of nitrogen functional groups attached to an aromatic ring is 1. The second-order valence-electron chi connectivity index (χ2n) is 5.52. The summed E-state index contributed by atoms with van der Waals surface area (Å²) in [7, 11) is 0. The van der Waals surface area contributed by atoms with Crippen molar-refractivity contribution in [1.29, 1.82) is 0 Å². The lowest BCUT2D eigenvalue weighted by molar-refractivity contribution is 0.171. The molecule has 1 aliphatic heterocycles. The third-order valence-corrected chi connectivity index (χ3v) is 4.69. The predicted octanol–water partition coefficient (Wildman–Crippen LogP) is 3.57. The van der Waals surface area contributed by atoms with Gasteiger partial charge in [0.25, 0.3) is 0 Å². The van der Waals surface area contributed by atoms with Gasteiger partial charge in [-0.15, -0.1) is 11.3 Å². The van der Waals surface area contributed by atoms with E-state index in [2.05, 4.69) is 29.5 Å². The van der Waals surface area contributed by atoms with Crippen LogP contribution in [0.4, 0.5) is 5.13 Å². The number of aromatic nitrogens is 2. The Morgan fingerprint density at radius 3 is 2.65 bits per heavy atom. The first-order valence-electron chi connectivity index (χ1n) is 7.44. The zero-order valence-corrected chi connectivity index (χ0v) is 13.8. The van der Waals surface area contributed by atoms with Crippen LogP contribution in [0.2, 0.25) is 0 Å². The molecule has 0 spiro atoms. The van der Waals surface area contributed by atoms with Gasteiger partial charge < -0.3 is 19.8 Å². The highest BCUT2D eigenvalue weighted by Gasteiger charge is 2.17. The molecule has 2 aromatic heterocycles. The molecule has 0 aliphatic carbocycles. The molecule has 3 heterocycles. The number of rotatable bonds is 2. The Hall–Kier alpha value is -2.47. The van der Waals surface area contributed by atoms with Crippen LogP contribution in [0.25, 0.3) is 16.9 Å². The minimum atomic E-state index is 0.587. The third kappa shape index (κ3) is 2.35. The second-order valence-corrected chi connectivity index (χ2v) is 6.41. The van der Waals surface area contributed by atoms with Gasteiger partial charge in [0.15, 0.2) is 16.6 Å². The first-order valence-corrected chi connectivity index (χ1v) is 8.32. The van der Waals surface area contributed by atoms with Gasteiger partial charge in [-0.25, -0.2) is 4.98 Å². The molecule has 0 atom stereocenters. The van der Waals surface area contributed by atoms with Crippen molar-refractivity contribution in [3.05, 3.63) is 41.0 Å². The number of nitrogens with two attached hydrogens (primary N) is 1. The molecule has 6 heteroatoms. The maximum absolute atomic E-state index is 5.77. The molecule has 3 aromatic rings. The van der Waals surface area contributed by atoms with E-state index in [1.807, 2.05) is 23.6 Å². The summed E-state index contributed by atoms with van der Waals surface area (Å²) in [5, 5.41) is 2.58. The lowest BCUT2D eigenvalue weighted by atomic mass is 10.2. The number of hydrogen-bond donors (Lipinski definition) is 1. The van der Waals surface area contributed by atoms with Crippen LogP contribution >= 0.6 is 11.3 Å². The van der Waals surface area contributed by atoms with Crippen molar-refractivity contribution in [2.24, 2.45) is 0 Å². The number of aryl methyl sites for hydroxylation is 1. The molecule has 0 saturated heterocycles. The van der Waals surface area contributed by atoms with E-state index in [-0.39, 0.29) is 0 Å². The van der Waals surface area contributed by atoms with Crippen molar-refractivity contribution in [3.8, 4) is 28.4 Å². The fourth-order valence-electron chi connectivity index (χ4n) is 3.00. The van der Waals surface area contributed by atoms with E-state index in [1.165, 1.54) is 11.3 Å². The van der Waals surface area contributed by atoms with Crippen molar-refractivity contribution in [2.75, 3.05) is 18.9 Å². The Morgan fingerprint density at radius 1 is 1.13 bits per heavy atom. The fourth-order valence-corrected chi connectivity index (χ4v) is 3.56. The van der Waals surface area contributed by atoms with Crippen LogP contribution < -0.4 is 15.2 Å². The van der Waals surface area contributed by atoms with Gasteiger partial charge in [0, 0.05) is 34.1 Å². The smallest absolute Gasteiger partial charge is 0.180 e. The molecule has 0 amide bonds. The van der Waals surface area contributed by atoms with Gasteiger partial charge >= 0.3 is 0 Å². The molecule has 1 aliphatic rings. The Kier molecular flexibility index (Phi) is 3.27. The molecule has 0 fully saturated rings. The monoisotopic (exact) mass is 327 g/mol. The predicted molar refractivity (Wildman–Crippen MR) is 91.8 cm³/mol. The summed E-state index contributed by atoms with van der Waals surface area (Å²) in [6.45, 7) is 5.37. The number of ether oxygens (including phenoxy) is 2. The summed E-state index contributed by atoms with van der Waals surface area (Å²) in [4.78, 5) is 4.40. The quantitative estimate of drug-likeness (QED) is 0.781. The summed E-state index contributed by atoms with van der Waals surface area (Å²) >= 11 is 1.46. The Balaban J connectivity index is 1.82. The molecule has 118 valence electrons. The number of fused-ring (bicyclic) bond motifs is 1. The van der Waals surface area contributed by atoms with Crippen molar-refractivity contribution in [3.63, 3.8) is 0 Å². The fraction of sp³-hybridized carbons (Fsp3) is 0.235. The summed E-state index contributed by atoms with van der Waals surface area (Å²) in [6.07, 6.45) is 0. The standard InChI is InChI=1S/C17H17N3O2S/c1-10-7-13(14-9-23-17(18)19-14)11(2)20(10)12-3-4-15-16(8-12)22-6-5-21-15/h3-4,7-9H,5-6H2,1-2H3,(H2,18,19). The topological polar surface area (TPSA) is 62.3 Å². The van der Waals surface area contributed by atoms with Crippen LogP contribution in [0.1, 0.15) is 11.4 Å². The maximum Gasteiger partial charge on any atom is 0.180 e. The van der Waals surface area contributed by atoms with Crippen molar-refractivity contribution < 1.29 is 9.47 Å². The van der Waals surface area contributed by atoms with Crippen LogP contribution in [-0.2, 0) is 0 Å². The normalized spacial score (nSPS) is 13.3. The van der Waals surface area contributed by atoms with Gasteiger partial charge in [0.2, 0.25) is 0 Å². The lowest BCUT2D eigenvalue weighted by Crippen LogP contribution is -2.15. The maximum atomic E-state index is 5.77. The number of thiazole rings is 1. The molecule has 0 bridgehead atoms. The largest absolute Gasteiger partial charge is 0.486 e. The van der Waals surface area contributed by atoms with Crippen LogP contribution in [0.3, 0.4) is 0 Å². The van der Waals surface area contributed by atoms with Crippen LogP contribution in [0.15, 0.2) is 29.6 Å². The number of benzene rings is 1. The van der Waals surface area contributed by atoms with Crippen LogP contribution in [0.5, 0.6) is 11.5 Å². The van der Waals surface area contributed by atoms with E-state index < -0.39 is 0 Å². The SMILES string of the molecule is Cc1cc(-c2csc(N)n2)c(C)n1-c1ccc2c(c1)OCCO2. The zero-order chi connectivity index (χ0) is 16.0. The Morgan fingerprint density at radius 2 is 1.91 bits per heavy atom. The number of nitrogens with zero attached hydrogens (tertiary/aromatic N) is 2. The van der Waals surface area contributed by atoms with Gasteiger partial charge in [-0.2, -0.15) is 0 Å². The molecule has 1 aromatic carbocycles. The highest BCUT2D eigenvalue weighted by molar-refractivity contribution is 7.13. The van der Waals surface area contributed by atoms with Crippen molar-refractivity contribution >= 4 is 16.5 Å². The van der Waals surface area contributed by atoms with E-state index >= 15 is 0 Å². The van der Waals surface area contributed by atoms with Crippen LogP contribution in [0, 0.1) is 13.8 Å². The van der Waals surface area contributed by atoms with Crippen LogP contribution in [-0.4, -0.2) is 22.8 Å². The molecular formula is C17H17N3O2S. The zero-order valence-electron chi connectivity index (χ0n) is 13.0. The molecular weight excluding hydrogens is 310 g/mol. The molecule has 4 rings (SSSR count). The van der Waals surface area contributed by atoms with Crippen molar-refractivity contribution in [2.45, 2.75) is 13.8 Å². The highest BCUT2D eigenvalue weighted by Crippen LogP contribution is 2.35. The van der Waals surface area contributed by atoms with E-state index in [9.17, 15) is 0 Å². The third-order valence-electron chi connectivity index (χ3n) is 4.01. The molecule has 0 unspecified atom stereocenters. The Bertz CT molecular complexity index is 882. The summed E-state index contributed by atoms with van der Waals surface area (Å²) in [5.74, 6) is 1.59. The Labute approximate surface area is 138 Å². The van der Waals surface area contributed by atoms with E-state index in [4.69, 9.17) is 15.2 Å². The van der Waals surface area contributed by atoms with Gasteiger partial charge in [-0.3, -0.25) is 0 Å². The average molecular weight is 327 g/mol. The summed E-state index contributed by atoms with van der Waals surface area (Å²) in [5.41, 5.74) is 11.1. The van der Waals surface area contributed by atoms with Gasteiger partial charge in [-0.1, -0.05) is 0 Å². The minimum absolute atomic E-state index is 0.587. The lowest BCUT2D eigenvalue weighted by Gasteiger charge is -2.20. The van der Waals surface area contributed by atoms with E-state index in [0.717, 1.165) is 39.8 Å².